The van der Waals surface area contributed by atoms with Gasteiger partial charge in [-0.05, 0) is 31.0 Å². The van der Waals surface area contributed by atoms with Crippen LogP contribution < -0.4 is 14.8 Å². The largest absolute Gasteiger partial charge is 0.454 e. The first kappa shape index (κ1) is 13.9. The lowest BCUT2D eigenvalue weighted by Gasteiger charge is -2.28. The van der Waals surface area contributed by atoms with Gasteiger partial charge in [-0.1, -0.05) is 19.8 Å². The van der Waals surface area contributed by atoms with Gasteiger partial charge < -0.3 is 14.8 Å². The van der Waals surface area contributed by atoms with E-state index in [0.29, 0.717) is 23.5 Å². The molecule has 0 radical (unpaired) electrons. The molecule has 1 aliphatic heterocycles. The van der Waals surface area contributed by atoms with Crippen LogP contribution in [0.1, 0.15) is 49.4 Å². The lowest BCUT2D eigenvalue weighted by Crippen LogP contribution is -2.52. The van der Waals surface area contributed by atoms with Crippen molar-refractivity contribution in [1.29, 1.82) is 0 Å². The summed E-state index contributed by atoms with van der Waals surface area (Å²) in [7, 11) is 0. The average Bonchev–Trinajstić information content (AvgIpc) is 3.14. The van der Waals surface area contributed by atoms with Gasteiger partial charge >= 0.3 is 0 Å². The standard InChI is InChI=1S/C16H19NO4/c1-2-14(18)16(7-3-4-8-16)17-15(19)11-5-6-12-13(9-11)21-10-20-12/h5-6,9H,2-4,7-8,10H2,1H3,(H,17,19). The van der Waals surface area contributed by atoms with Crippen LogP contribution in [-0.2, 0) is 4.79 Å². The Labute approximate surface area is 123 Å². The van der Waals surface area contributed by atoms with E-state index in [1.807, 2.05) is 6.92 Å². The van der Waals surface area contributed by atoms with Gasteiger partial charge in [0.25, 0.3) is 5.91 Å². The molecule has 1 aliphatic carbocycles. The molecule has 1 aromatic rings. The lowest BCUT2D eigenvalue weighted by atomic mass is 9.90. The van der Waals surface area contributed by atoms with Crippen molar-refractivity contribution in [2.75, 3.05) is 6.79 Å². The molecule has 0 bridgehead atoms. The molecule has 0 atom stereocenters. The van der Waals surface area contributed by atoms with Crippen molar-refractivity contribution in [3.8, 4) is 11.5 Å². The van der Waals surface area contributed by atoms with E-state index in [1.165, 1.54) is 0 Å². The Morgan fingerprint density at radius 3 is 2.62 bits per heavy atom. The molecular formula is C16H19NO4. The van der Waals surface area contributed by atoms with Crippen LogP contribution in [0, 0.1) is 0 Å². The maximum Gasteiger partial charge on any atom is 0.252 e. The molecule has 5 nitrogen and oxygen atoms in total. The molecule has 1 saturated carbocycles. The van der Waals surface area contributed by atoms with Gasteiger partial charge in [0.2, 0.25) is 6.79 Å². The summed E-state index contributed by atoms with van der Waals surface area (Å²) >= 11 is 0. The molecule has 2 aliphatic rings. The summed E-state index contributed by atoms with van der Waals surface area (Å²) in [6, 6.07) is 5.08. The normalized spacial score (nSPS) is 18.5. The molecule has 1 aromatic carbocycles. The monoisotopic (exact) mass is 289 g/mol. The summed E-state index contributed by atoms with van der Waals surface area (Å²) in [6.45, 7) is 2.02. The van der Waals surface area contributed by atoms with Gasteiger partial charge in [0.15, 0.2) is 17.3 Å². The molecule has 0 aromatic heterocycles. The fourth-order valence-electron chi connectivity index (χ4n) is 3.12. The van der Waals surface area contributed by atoms with Crippen molar-refractivity contribution < 1.29 is 19.1 Å². The Morgan fingerprint density at radius 2 is 1.90 bits per heavy atom. The Balaban J connectivity index is 1.80. The summed E-state index contributed by atoms with van der Waals surface area (Å²) in [5.41, 5.74) is -0.184. The number of benzene rings is 1. The zero-order chi connectivity index (χ0) is 14.9. The second-order valence-electron chi connectivity index (χ2n) is 5.59. The van der Waals surface area contributed by atoms with Crippen LogP contribution in [0.15, 0.2) is 18.2 Å². The summed E-state index contributed by atoms with van der Waals surface area (Å²) in [5.74, 6) is 1.11. The molecule has 0 saturated heterocycles. The molecular weight excluding hydrogens is 270 g/mol. The summed E-state index contributed by atoms with van der Waals surface area (Å²) < 4.78 is 10.5. The number of fused-ring (bicyclic) bond motifs is 1. The summed E-state index contributed by atoms with van der Waals surface area (Å²) in [5, 5.41) is 2.97. The maximum atomic E-state index is 12.5. The van der Waals surface area contributed by atoms with Gasteiger partial charge in [0.1, 0.15) is 0 Å². The number of carbonyl (C=O) groups excluding carboxylic acids is 2. The zero-order valence-electron chi connectivity index (χ0n) is 12.1. The minimum atomic E-state index is -0.678. The third-order valence-electron chi connectivity index (χ3n) is 4.30. The highest BCUT2D eigenvalue weighted by molar-refractivity contribution is 6.00. The fourth-order valence-corrected chi connectivity index (χ4v) is 3.12. The van der Waals surface area contributed by atoms with E-state index < -0.39 is 5.54 Å². The van der Waals surface area contributed by atoms with Gasteiger partial charge in [-0.3, -0.25) is 9.59 Å². The van der Waals surface area contributed by atoms with Crippen LogP contribution >= 0.6 is 0 Å². The number of amides is 1. The van der Waals surface area contributed by atoms with Crippen molar-refractivity contribution in [1.82, 2.24) is 5.32 Å². The highest BCUT2D eigenvalue weighted by Crippen LogP contribution is 2.34. The Morgan fingerprint density at radius 1 is 1.19 bits per heavy atom. The molecule has 1 fully saturated rings. The van der Waals surface area contributed by atoms with E-state index in [2.05, 4.69) is 5.32 Å². The maximum absolute atomic E-state index is 12.5. The number of Topliss-reactive ketones (excluding diaryl/α,β-unsaturated/α-hetero) is 1. The van der Waals surface area contributed by atoms with Crippen molar-refractivity contribution in [2.45, 2.75) is 44.6 Å². The lowest BCUT2D eigenvalue weighted by molar-refractivity contribution is -0.124. The van der Waals surface area contributed by atoms with E-state index in [-0.39, 0.29) is 18.5 Å². The molecule has 0 unspecified atom stereocenters. The first-order chi connectivity index (χ1) is 10.1. The molecule has 0 spiro atoms. The van der Waals surface area contributed by atoms with Crippen molar-refractivity contribution >= 4 is 11.7 Å². The number of hydrogen-bond donors (Lipinski definition) is 1. The minimum absolute atomic E-state index is 0.120. The second-order valence-corrected chi connectivity index (χ2v) is 5.59. The predicted molar refractivity (Wildman–Crippen MR) is 76.5 cm³/mol. The smallest absolute Gasteiger partial charge is 0.252 e. The third kappa shape index (κ3) is 2.48. The highest BCUT2D eigenvalue weighted by atomic mass is 16.7. The van der Waals surface area contributed by atoms with Crippen LogP contribution in [0.25, 0.3) is 0 Å². The number of ether oxygens (including phenoxy) is 2. The first-order valence-electron chi connectivity index (χ1n) is 7.40. The number of hydrogen-bond acceptors (Lipinski definition) is 4. The molecule has 1 heterocycles. The molecule has 3 rings (SSSR count). The van der Waals surface area contributed by atoms with E-state index in [4.69, 9.17) is 9.47 Å². The van der Waals surface area contributed by atoms with Crippen molar-refractivity contribution in [3.63, 3.8) is 0 Å². The summed E-state index contributed by atoms with van der Waals surface area (Å²) in [6.07, 6.45) is 3.87. The molecule has 21 heavy (non-hydrogen) atoms. The average molecular weight is 289 g/mol. The third-order valence-corrected chi connectivity index (χ3v) is 4.30. The van der Waals surface area contributed by atoms with Gasteiger partial charge in [0, 0.05) is 12.0 Å². The van der Waals surface area contributed by atoms with Gasteiger partial charge in [0.05, 0.1) is 5.54 Å². The second kappa shape index (κ2) is 5.39. The van der Waals surface area contributed by atoms with Crippen LogP contribution in [-0.4, -0.2) is 24.0 Å². The van der Waals surface area contributed by atoms with Crippen molar-refractivity contribution in [2.24, 2.45) is 0 Å². The van der Waals surface area contributed by atoms with E-state index in [9.17, 15) is 9.59 Å². The van der Waals surface area contributed by atoms with Crippen molar-refractivity contribution in [3.05, 3.63) is 23.8 Å². The predicted octanol–water partition coefficient (Wildman–Crippen LogP) is 2.44. The zero-order valence-corrected chi connectivity index (χ0v) is 12.1. The summed E-state index contributed by atoms with van der Waals surface area (Å²) in [4.78, 5) is 24.7. The van der Waals surface area contributed by atoms with E-state index >= 15 is 0 Å². The number of nitrogens with one attached hydrogen (secondary N) is 1. The quantitative estimate of drug-likeness (QED) is 0.924. The topological polar surface area (TPSA) is 64.6 Å². The Bertz CT molecular complexity index is 576. The van der Waals surface area contributed by atoms with Gasteiger partial charge in [-0.25, -0.2) is 0 Å². The highest BCUT2D eigenvalue weighted by Gasteiger charge is 2.41. The Kier molecular flexibility index (Phi) is 3.57. The number of ketones is 1. The molecule has 5 heteroatoms. The fraction of sp³-hybridized carbons (Fsp3) is 0.500. The van der Waals surface area contributed by atoms with Crippen LogP contribution in [0.4, 0.5) is 0 Å². The minimum Gasteiger partial charge on any atom is -0.454 e. The van der Waals surface area contributed by atoms with Gasteiger partial charge in [-0.2, -0.15) is 0 Å². The SMILES string of the molecule is CCC(=O)C1(NC(=O)c2ccc3c(c2)OCO3)CCCC1. The Hall–Kier alpha value is -2.04. The molecule has 1 N–H and O–H groups in total. The number of rotatable bonds is 4. The van der Waals surface area contributed by atoms with E-state index in [0.717, 1.165) is 25.7 Å². The number of carbonyl (C=O) groups is 2. The molecule has 112 valence electrons. The van der Waals surface area contributed by atoms with Crippen LogP contribution in [0.5, 0.6) is 11.5 Å². The van der Waals surface area contributed by atoms with E-state index in [1.54, 1.807) is 18.2 Å². The van der Waals surface area contributed by atoms with Gasteiger partial charge in [-0.15, -0.1) is 0 Å². The van der Waals surface area contributed by atoms with Crippen LogP contribution in [0.2, 0.25) is 0 Å². The molecule has 1 amide bonds. The first-order valence-corrected chi connectivity index (χ1v) is 7.40. The van der Waals surface area contributed by atoms with Crippen LogP contribution in [0.3, 0.4) is 0 Å².